The van der Waals surface area contributed by atoms with Gasteiger partial charge in [0, 0.05) is 60.9 Å². The topological polar surface area (TPSA) is 124 Å². The van der Waals surface area contributed by atoms with E-state index < -0.39 is 0 Å². The van der Waals surface area contributed by atoms with Gasteiger partial charge in [0.15, 0.2) is 0 Å². The van der Waals surface area contributed by atoms with Crippen molar-refractivity contribution in [3.63, 3.8) is 0 Å². The zero-order chi connectivity index (χ0) is 25.4. The van der Waals surface area contributed by atoms with Gasteiger partial charge >= 0.3 is 0 Å². The highest BCUT2D eigenvalue weighted by molar-refractivity contribution is 5.98. The first kappa shape index (κ1) is 23.9. The molecule has 2 aromatic heterocycles. The van der Waals surface area contributed by atoms with Crippen LogP contribution in [0.2, 0.25) is 0 Å². The Morgan fingerprint density at radius 2 is 1.92 bits per heavy atom. The van der Waals surface area contributed by atoms with E-state index in [-0.39, 0.29) is 17.8 Å². The van der Waals surface area contributed by atoms with E-state index in [9.17, 15) is 4.79 Å². The van der Waals surface area contributed by atoms with Crippen molar-refractivity contribution in [2.45, 2.75) is 58.8 Å². The first-order chi connectivity index (χ1) is 17.3. The van der Waals surface area contributed by atoms with Crippen LogP contribution in [-0.2, 0) is 13.1 Å². The minimum absolute atomic E-state index is 0.0384. The van der Waals surface area contributed by atoms with E-state index in [1.807, 2.05) is 11.1 Å². The molecule has 5 rings (SSSR count). The van der Waals surface area contributed by atoms with Crippen LogP contribution in [0.1, 0.15) is 58.2 Å². The maximum atomic E-state index is 13.2. The first-order valence-corrected chi connectivity index (χ1v) is 12.3. The Morgan fingerprint density at radius 1 is 1.14 bits per heavy atom. The summed E-state index contributed by atoms with van der Waals surface area (Å²) in [6, 6.07) is 10.1. The zero-order valence-electron chi connectivity index (χ0n) is 21.0. The van der Waals surface area contributed by atoms with E-state index in [1.165, 1.54) is 22.9 Å². The number of amidine groups is 1. The molecule has 0 bridgehead atoms. The van der Waals surface area contributed by atoms with Gasteiger partial charge in [0.1, 0.15) is 11.5 Å². The second-order valence-electron chi connectivity index (χ2n) is 9.94. The van der Waals surface area contributed by atoms with Gasteiger partial charge < -0.3 is 16.0 Å². The summed E-state index contributed by atoms with van der Waals surface area (Å²) >= 11 is 0. The fraction of sp³-hybridized carbons (Fsp3) is 0.370. The number of carbonyl (C=O) groups excluding carboxylic acids is 1. The number of anilines is 2. The summed E-state index contributed by atoms with van der Waals surface area (Å²) in [5.74, 6) is 0.445. The highest BCUT2D eigenvalue weighted by atomic mass is 16.2. The number of pyridine rings is 1. The highest BCUT2D eigenvalue weighted by Gasteiger charge is 2.35. The number of nitrogens with zero attached hydrogens (tertiary/aromatic N) is 5. The Bertz CT molecular complexity index is 1300. The number of aryl methyl sites for hydroxylation is 2. The van der Waals surface area contributed by atoms with Gasteiger partial charge in [-0.3, -0.25) is 20.1 Å². The van der Waals surface area contributed by atoms with Gasteiger partial charge in [-0.2, -0.15) is 0 Å². The van der Waals surface area contributed by atoms with Gasteiger partial charge in [-0.15, -0.1) is 0 Å². The van der Waals surface area contributed by atoms with Crippen LogP contribution in [0.25, 0.3) is 0 Å². The summed E-state index contributed by atoms with van der Waals surface area (Å²) in [5.41, 5.74) is 12.0. The number of carbonyl (C=O) groups is 1. The van der Waals surface area contributed by atoms with Crippen LogP contribution in [-0.4, -0.2) is 55.1 Å². The average molecular weight is 485 g/mol. The monoisotopic (exact) mass is 484 g/mol. The normalized spacial score (nSPS) is 19.7. The van der Waals surface area contributed by atoms with Gasteiger partial charge in [0.25, 0.3) is 5.91 Å². The molecular weight excluding hydrogens is 452 g/mol. The van der Waals surface area contributed by atoms with Gasteiger partial charge in [-0.25, -0.2) is 9.97 Å². The summed E-state index contributed by atoms with van der Waals surface area (Å²) in [4.78, 5) is 31.0. The zero-order valence-corrected chi connectivity index (χ0v) is 21.0. The van der Waals surface area contributed by atoms with Crippen molar-refractivity contribution in [2.24, 2.45) is 5.73 Å². The number of nitrogen functional groups attached to an aromatic ring is 1. The van der Waals surface area contributed by atoms with Crippen molar-refractivity contribution in [1.82, 2.24) is 24.8 Å². The van der Waals surface area contributed by atoms with Crippen molar-refractivity contribution >= 4 is 23.4 Å². The molecule has 186 valence electrons. The molecule has 2 aliphatic rings. The Hall–Kier alpha value is -3.85. The number of nitrogens with two attached hydrogens (primary N) is 1. The molecule has 0 unspecified atom stereocenters. The standard InChI is InChI=1S/C27H32N8O/c1-16-8-17(2)10-21(9-16)32-27-31-13-20-14-34(15-24(20)33-27)22-5-7-35(18(3)11-22)26(36)19-4-6-30-23(12-19)25(28)29/h4,6,8-10,12-13,18,22H,5,7,11,14-15H2,1-3H3,(H3,28,29)(H,31,32,33)/t18-,22+/m1/s1. The second kappa shape index (κ2) is 9.66. The van der Waals surface area contributed by atoms with Crippen LogP contribution in [0.4, 0.5) is 11.6 Å². The lowest BCUT2D eigenvalue weighted by molar-refractivity contribution is 0.0460. The molecule has 4 heterocycles. The van der Waals surface area contributed by atoms with Crippen LogP contribution in [0.5, 0.6) is 0 Å². The fourth-order valence-corrected chi connectivity index (χ4v) is 5.33. The Labute approximate surface area is 211 Å². The molecule has 9 nitrogen and oxygen atoms in total. The molecule has 4 N–H and O–H groups in total. The molecule has 0 saturated carbocycles. The number of likely N-dealkylation sites (tertiary alicyclic amines) is 1. The number of amides is 1. The Morgan fingerprint density at radius 3 is 2.64 bits per heavy atom. The van der Waals surface area contributed by atoms with Gasteiger partial charge in [-0.1, -0.05) is 6.07 Å². The molecule has 1 amide bonds. The van der Waals surface area contributed by atoms with Crippen LogP contribution < -0.4 is 11.1 Å². The van der Waals surface area contributed by atoms with Crippen LogP contribution in [0, 0.1) is 19.3 Å². The number of piperidine rings is 1. The summed E-state index contributed by atoms with van der Waals surface area (Å²) in [7, 11) is 0. The summed E-state index contributed by atoms with van der Waals surface area (Å²) in [6.07, 6.45) is 5.26. The lowest BCUT2D eigenvalue weighted by Gasteiger charge is -2.41. The number of aromatic nitrogens is 3. The maximum Gasteiger partial charge on any atom is 0.254 e. The van der Waals surface area contributed by atoms with Crippen LogP contribution in [0.3, 0.4) is 0 Å². The van der Waals surface area contributed by atoms with E-state index >= 15 is 0 Å². The van der Waals surface area contributed by atoms with E-state index in [0.29, 0.717) is 29.8 Å². The number of nitrogens with one attached hydrogen (secondary N) is 2. The third-order valence-electron chi connectivity index (χ3n) is 7.07. The molecular formula is C27H32N8O. The minimum Gasteiger partial charge on any atom is -0.382 e. The molecule has 1 saturated heterocycles. The smallest absolute Gasteiger partial charge is 0.254 e. The Kier molecular flexibility index (Phi) is 6.40. The first-order valence-electron chi connectivity index (χ1n) is 12.3. The predicted octanol–water partition coefficient (Wildman–Crippen LogP) is 3.53. The van der Waals surface area contributed by atoms with Gasteiger partial charge in [-0.05, 0) is 69.0 Å². The lowest BCUT2D eigenvalue weighted by Crippen LogP contribution is -2.50. The number of rotatable bonds is 5. The molecule has 9 heteroatoms. The quantitative estimate of drug-likeness (QED) is 0.374. The fourth-order valence-electron chi connectivity index (χ4n) is 5.33. The van der Waals surface area contributed by atoms with Crippen molar-refractivity contribution in [1.29, 1.82) is 5.41 Å². The molecule has 0 spiro atoms. The summed E-state index contributed by atoms with van der Waals surface area (Å²) in [6.45, 7) is 8.57. The van der Waals surface area contributed by atoms with E-state index in [0.717, 1.165) is 37.3 Å². The summed E-state index contributed by atoms with van der Waals surface area (Å²) in [5, 5.41) is 10.9. The van der Waals surface area contributed by atoms with Crippen molar-refractivity contribution in [3.05, 3.63) is 76.4 Å². The number of benzene rings is 1. The second-order valence-corrected chi connectivity index (χ2v) is 9.94. The van der Waals surface area contributed by atoms with Crippen molar-refractivity contribution < 1.29 is 4.79 Å². The number of hydrogen-bond acceptors (Lipinski definition) is 7. The largest absolute Gasteiger partial charge is 0.382 e. The number of fused-ring (bicyclic) bond motifs is 1. The van der Waals surface area contributed by atoms with Crippen molar-refractivity contribution in [2.75, 3.05) is 11.9 Å². The molecule has 2 aliphatic heterocycles. The highest BCUT2D eigenvalue weighted by Crippen LogP contribution is 2.31. The van der Waals surface area contributed by atoms with E-state index in [4.69, 9.17) is 16.1 Å². The third kappa shape index (κ3) is 4.92. The molecule has 1 fully saturated rings. The van der Waals surface area contributed by atoms with Gasteiger partial charge in [0.05, 0.1) is 5.69 Å². The predicted molar refractivity (Wildman–Crippen MR) is 139 cm³/mol. The summed E-state index contributed by atoms with van der Waals surface area (Å²) < 4.78 is 0. The number of hydrogen-bond donors (Lipinski definition) is 3. The molecule has 3 aromatic rings. The average Bonchev–Trinajstić information content (AvgIpc) is 3.26. The van der Waals surface area contributed by atoms with Crippen LogP contribution in [0.15, 0.2) is 42.7 Å². The molecule has 1 aromatic carbocycles. The van der Waals surface area contributed by atoms with Crippen LogP contribution >= 0.6 is 0 Å². The van der Waals surface area contributed by atoms with Crippen molar-refractivity contribution in [3.8, 4) is 0 Å². The Balaban J connectivity index is 1.22. The molecule has 0 aliphatic carbocycles. The van der Waals surface area contributed by atoms with E-state index in [2.05, 4.69) is 59.2 Å². The molecule has 2 atom stereocenters. The lowest BCUT2D eigenvalue weighted by atomic mass is 9.96. The third-order valence-corrected chi connectivity index (χ3v) is 7.07. The maximum absolute atomic E-state index is 13.2. The molecule has 0 radical (unpaired) electrons. The van der Waals surface area contributed by atoms with Gasteiger partial charge in [0.2, 0.25) is 5.95 Å². The SMILES string of the molecule is Cc1cc(C)cc(Nc2ncc3c(n2)CN([C@H]2CCN(C(=O)c4ccnc(C(=N)N)c4)[C@H](C)C2)C3)c1. The molecule has 36 heavy (non-hydrogen) atoms. The van der Waals surface area contributed by atoms with E-state index in [1.54, 1.807) is 12.1 Å². The minimum atomic E-state index is -0.138.